The van der Waals surface area contributed by atoms with Crippen LogP contribution >= 0.6 is 0 Å². The Bertz CT molecular complexity index is 448. The Morgan fingerprint density at radius 3 is 2.39 bits per heavy atom. The minimum atomic E-state index is -4.40. The molecule has 3 nitrogen and oxygen atoms in total. The van der Waals surface area contributed by atoms with Gasteiger partial charge in [0.15, 0.2) is 0 Å². The van der Waals surface area contributed by atoms with Gasteiger partial charge in [0.1, 0.15) is 0 Å². The van der Waals surface area contributed by atoms with Gasteiger partial charge in [-0.05, 0) is 37.6 Å². The number of alkyl halides is 3. The van der Waals surface area contributed by atoms with E-state index in [2.05, 4.69) is 5.43 Å². The first kappa shape index (κ1) is 14.5. The van der Waals surface area contributed by atoms with E-state index in [9.17, 15) is 13.2 Å². The van der Waals surface area contributed by atoms with E-state index in [1.165, 1.54) is 6.07 Å². The molecule has 0 saturated carbocycles. The molecule has 0 bridgehead atoms. The first-order valence-corrected chi connectivity index (χ1v) is 5.33. The van der Waals surface area contributed by atoms with Gasteiger partial charge >= 0.3 is 6.18 Å². The molecule has 100 valence electrons. The molecule has 1 aromatic carbocycles. The van der Waals surface area contributed by atoms with E-state index in [1.807, 2.05) is 13.8 Å². The first-order valence-electron chi connectivity index (χ1n) is 5.33. The molecule has 1 unspecified atom stereocenters. The molecule has 0 aliphatic rings. The number of halogens is 3. The topological polar surface area (TPSA) is 64.1 Å². The first-order chi connectivity index (χ1) is 8.25. The predicted molar refractivity (Wildman–Crippen MR) is 65.4 cm³/mol. The maximum atomic E-state index is 12.6. The number of anilines is 1. The van der Waals surface area contributed by atoms with Crippen LogP contribution in [0.25, 0.3) is 0 Å². The van der Waals surface area contributed by atoms with Crippen LogP contribution in [0.5, 0.6) is 0 Å². The van der Waals surface area contributed by atoms with Gasteiger partial charge in [-0.1, -0.05) is 11.6 Å². The standard InChI is InChI=1S/C12H16F3N3/c1-7(2)5-11(18-17)9-6-8(12(13,14)15)3-4-10(9)16/h3-6,11,18H,16-17H2,1-2H3. The molecule has 5 N–H and O–H groups in total. The van der Waals surface area contributed by atoms with Crippen LogP contribution in [0.2, 0.25) is 0 Å². The van der Waals surface area contributed by atoms with E-state index >= 15 is 0 Å². The summed E-state index contributed by atoms with van der Waals surface area (Å²) in [5.41, 5.74) is 8.90. The van der Waals surface area contributed by atoms with Crippen LogP contribution in [0.15, 0.2) is 29.8 Å². The number of hydrazine groups is 1. The van der Waals surface area contributed by atoms with Crippen molar-refractivity contribution in [2.45, 2.75) is 26.1 Å². The number of benzene rings is 1. The number of nitrogens with one attached hydrogen (secondary N) is 1. The summed E-state index contributed by atoms with van der Waals surface area (Å²) in [6, 6.07) is 2.66. The fourth-order valence-corrected chi connectivity index (χ4v) is 1.58. The second-order valence-corrected chi connectivity index (χ2v) is 4.23. The summed E-state index contributed by atoms with van der Waals surface area (Å²) in [4.78, 5) is 0. The predicted octanol–water partition coefficient (Wildman–Crippen LogP) is 2.76. The maximum absolute atomic E-state index is 12.6. The second kappa shape index (κ2) is 5.41. The lowest BCUT2D eigenvalue weighted by molar-refractivity contribution is -0.137. The van der Waals surface area contributed by atoms with Gasteiger partial charge in [-0.2, -0.15) is 13.2 Å². The van der Waals surface area contributed by atoms with Crippen molar-refractivity contribution in [3.8, 4) is 0 Å². The van der Waals surface area contributed by atoms with Crippen LogP contribution in [0, 0.1) is 0 Å². The van der Waals surface area contributed by atoms with Crippen LogP contribution in [-0.2, 0) is 6.18 Å². The van der Waals surface area contributed by atoms with Crippen molar-refractivity contribution < 1.29 is 13.2 Å². The molecule has 0 amide bonds. The molecular weight excluding hydrogens is 243 g/mol. The minimum Gasteiger partial charge on any atom is -0.398 e. The van der Waals surface area contributed by atoms with Crippen LogP contribution < -0.4 is 17.0 Å². The van der Waals surface area contributed by atoms with Gasteiger partial charge in [0.25, 0.3) is 0 Å². The third kappa shape index (κ3) is 3.48. The number of nitrogen functional groups attached to an aromatic ring is 1. The lowest BCUT2D eigenvalue weighted by Gasteiger charge is -2.17. The summed E-state index contributed by atoms with van der Waals surface area (Å²) in [6.45, 7) is 3.66. The molecule has 0 aromatic heterocycles. The molecule has 0 saturated heterocycles. The van der Waals surface area contributed by atoms with Crippen molar-refractivity contribution in [3.63, 3.8) is 0 Å². The van der Waals surface area contributed by atoms with Gasteiger partial charge in [-0.15, -0.1) is 0 Å². The second-order valence-electron chi connectivity index (χ2n) is 4.23. The molecule has 18 heavy (non-hydrogen) atoms. The van der Waals surface area contributed by atoms with E-state index in [-0.39, 0.29) is 5.69 Å². The molecule has 0 heterocycles. The van der Waals surface area contributed by atoms with Crippen molar-refractivity contribution in [3.05, 3.63) is 41.0 Å². The number of allylic oxidation sites excluding steroid dienone is 1. The lowest BCUT2D eigenvalue weighted by atomic mass is 10.0. The molecule has 1 aromatic rings. The fourth-order valence-electron chi connectivity index (χ4n) is 1.58. The lowest BCUT2D eigenvalue weighted by Crippen LogP contribution is -2.27. The molecule has 0 aliphatic carbocycles. The number of hydrogen-bond donors (Lipinski definition) is 3. The smallest absolute Gasteiger partial charge is 0.398 e. The Balaban J connectivity index is 3.26. The highest BCUT2D eigenvalue weighted by atomic mass is 19.4. The monoisotopic (exact) mass is 259 g/mol. The summed E-state index contributed by atoms with van der Waals surface area (Å²) in [5.74, 6) is 5.35. The summed E-state index contributed by atoms with van der Waals surface area (Å²) in [6.07, 6.45) is -2.68. The third-order valence-electron chi connectivity index (χ3n) is 2.43. The molecule has 0 spiro atoms. The Morgan fingerprint density at radius 1 is 1.33 bits per heavy atom. The van der Waals surface area contributed by atoms with Crippen LogP contribution in [-0.4, -0.2) is 0 Å². The van der Waals surface area contributed by atoms with Crippen molar-refractivity contribution in [1.82, 2.24) is 5.43 Å². The normalized spacial score (nSPS) is 13.2. The zero-order valence-electron chi connectivity index (χ0n) is 10.2. The van der Waals surface area contributed by atoms with Crippen LogP contribution in [0.3, 0.4) is 0 Å². The highest BCUT2D eigenvalue weighted by molar-refractivity contribution is 5.52. The van der Waals surface area contributed by atoms with Crippen molar-refractivity contribution >= 4 is 5.69 Å². The third-order valence-corrected chi connectivity index (χ3v) is 2.43. The van der Waals surface area contributed by atoms with Gasteiger partial charge in [0, 0.05) is 5.69 Å². The summed E-state index contributed by atoms with van der Waals surface area (Å²) >= 11 is 0. The molecule has 1 atom stereocenters. The zero-order valence-corrected chi connectivity index (χ0v) is 10.2. The Morgan fingerprint density at radius 2 is 1.94 bits per heavy atom. The average molecular weight is 259 g/mol. The maximum Gasteiger partial charge on any atom is 0.416 e. The van der Waals surface area contributed by atoms with Crippen LogP contribution in [0.1, 0.15) is 31.0 Å². The van der Waals surface area contributed by atoms with Gasteiger partial charge in [-0.3, -0.25) is 5.84 Å². The summed E-state index contributed by atoms with van der Waals surface area (Å²) in [7, 11) is 0. The molecule has 0 aliphatic heterocycles. The molecule has 0 fully saturated rings. The van der Waals surface area contributed by atoms with E-state index in [0.29, 0.717) is 5.56 Å². The summed E-state index contributed by atoms with van der Waals surface area (Å²) in [5, 5.41) is 0. The van der Waals surface area contributed by atoms with E-state index in [4.69, 9.17) is 11.6 Å². The van der Waals surface area contributed by atoms with Gasteiger partial charge < -0.3 is 5.73 Å². The Kier molecular flexibility index (Phi) is 4.37. The zero-order chi connectivity index (χ0) is 13.9. The highest BCUT2D eigenvalue weighted by Crippen LogP contribution is 2.33. The quantitative estimate of drug-likeness (QED) is 0.338. The highest BCUT2D eigenvalue weighted by Gasteiger charge is 2.31. The molecule has 6 heteroatoms. The SMILES string of the molecule is CC(C)=CC(NN)c1cc(C(F)(F)F)ccc1N. The Hall–Kier alpha value is -1.53. The largest absolute Gasteiger partial charge is 0.416 e. The summed E-state index contributed by atoms with van der Waals surface area (Å²) < 4.78 is 37.9. The molecular formula is C12H16F3N3. The number of rotatable bonds is 3. The Labute approximate surface area is 104 Å². The van der Waals surface area contributed by atoms with E-state index < -0.39 is 17.8 Å². The van der Waals surface area contributed by atoms with Gasteiger partial charge in [0.05, 0.1) is 11.6 Å². The fraction of sp³-hybridized carbons (Fsp3) is 0.333. The van der Waals surface area contributed by atoms with Gasteiger partial charge in [-0.25, -0.2) is 5.43 Å². The molecule has 0 radical (unpaired) electrons. The minimum absolute atomic E-state index is 0.267. The van der Waals surface area contributed by atoms with E-state index in [1.54, 1.807) is 6.08 Å². The number of nitrogens with two attached hydrogens (primary N) is 2. The molecule has 1 rings (SSSR count). The average Bonchev–Trinajstić information content (AvgIpc) is 2.25. The van der Waals surface area contributed by atoms with Crippen molar-refractivity contribution in [1.29, 1.82) is 0 Å². The van der Waals surface area contributed by atoms with Crippen LogP contribution in [0.4, 0.5) is 18.9 Å². The van der Waals surface area contributed by atoms with Gasteiger partial charge in [0.2, 0.25) is 0 Å². The number of hydrogen-bond acceptors (Lipinski definition) is 3. The van der Waals surface area contributed by atoms with Crippen molar-refractivity contribution in [2.75, 3.05) is 5.73 Å². The van der Waals surface area contributed by atoms with E-state index in [0.717, 1.165) is 17.7 Å². The van der Waals surface area contributed by atoms with Crippen molar-refractivity contribution in [2.24, 2.45) is 5.84 Å².